The van der Waals surface area contributed by atoms with E-state index >= 15 is 0 Å². The van der Waals surface area contributed by atoms with E-state index in [2.05, 4.69) is 44.5 Å². The summed E-state index contributed by atoms with van der Waals surface area (Å²) in [5, 5.41) is 0. The van der Waals surface area contributed by atoms with Crippen LogP contribution in [0.5, 0.6) is 0 Å². The van der Waals surface area contributed by atoms with Crippen molar-refractivity contribution in [1.29, 1.82) is 0 Å². The van der Waals surface area contributed by atoms with Gasteiger partial charge in [0.15, 0.2) is 0 Å². The van der Waals surface area contributed by atoms with E-state index in [1.54, 1.807) is 0 Å². The molecule has 0 spiro atoms. The highest BCUT2D eigenvalue weighted by Crippen LogP contribution is 2.39. The standard InChI is InChI=1S/C18H37N3/c1-6-21-11-7-8-15(21)13-20(5)17-12-14(18(2,3)4)9-10-16(17)19/h14-17H,6-13,19H2,1-5H3. The zero-order valence-corrected chi connectivity index (χ0v) is 14.9. The quantitative estimate of drug-likeness (QED) is 0.865. The summed E-state index contributed by atoms with van der Waals surface area (Å²) in [7, 11) is 2.31. The van der Waals surface area contributed by atoms with E-state index in [4.69, 9.17) is 5.73 Å². The molecule has 0 radical (unpaired) electrons. The van der Waals surface area contributed by atoms with E-state index in [1.165, 1.54) is 51.7 Å². The molecule has 1 heterocycles. The van der Waals surface area contributed by atoms with Gasteiger partial charge in [0.05, 0.1) is 0 Å². The van der Waals surface area contributed by atoms with Crippen LogP contribution in [0.2, 0.25) is 0 Å². The maximum atomic E-state index is 6.47. The molecule has 0 amide bonds. The van der Waals surface area contributed by atoms with E-state index < -0.39 is 0 Å². The minimum atomic E-state index is 0.366. The van der Waals surface area contributed by atoms with Crippen LogP contribution in [0.1, 0.15) is 59.8 Å². The Bertz CT molecular complexity index is 323. The molecule has 4 unspecified atom stereocenters. The van der Waals surface area contributed by atoms with Crippen molar-refractivity contribution in [2.45, 2.75) is 77.9 Å². The summed E-state index contributed by atoms with van der Waals surface area (Å²) in [5.74, 6) is 0.815. The highest BCUT2D eigenvalue weighted by Gasteiger charge is 2.37. The average molecular weight is 296 g/mol. The van der Waals surface area contributed by atoms with Gasteiger partial charge in [0, 0.05) is 24.7 Å². The van der Waals surface area contributed by atoms with Crippen LogP contribution in [0.25, 0.3) is 0 Å². The average Bonchev–Trinajstić information content (AvgIpc) is 2.84. The Morgan fingerprint density at radius 1 is 1.19 bits per heavy atom. The summed E-state index contributed by atoms with van der Waals surface area (Å²) >= 11 is 0. The Morgan fingerprint density at radius 2 is 1.90 bits per heavy atom. The summed E-state index contributed by atoms with van der Waals surface area (Å²) < 4.78 is 0. The number of nitrogens with zero attached hydrogens (tertiary/aromatic N) is 2. The van der Waals surface area contributed by atoms with Gasteiger partial charge >= 0.3 is 0 Å². The molecule has 1 saturated heterocycles. The molecule has 2 N–H and O–H groups in total. The zero-order valence-electron chi connectivity index (χ0n) is 14.9. The summed E-state index contributed by atoms with van der Waals surface area (Å²) in [4.78, 5) is 5.23. The van der Waals surface area contributed by atoms with Gasteiger partial charge in [-0.05, 0) is 63.6 Å². The first-order valence-corrected chi connectivity index (χ1v) is 9.02. The Morgan fingerprint density at radius 3 is 2.52 bits per heavy atom. The topological polar surface area (TPSA) is 32.5 Å². The SMILES string of the molecule is CCN1CCCC1CN(C)C1CC(C(C)(C)C)CCC1N. The second kappa shape index (κ2) is 6.97. The van der Waals surface area contributed by atoms with Gasteiger partial charge in [-0.1, -0.05) is 27.7 Å². The summed E-state index contributed by atoms with van der Waals surface area (Å²) in [6.07, 6.45) is 6.51. The minimum Gasteiger partial charge on any atom is -0.326 e. The van der Waals surface area contributed by atoms with Crippen molar-refractivity contribution in [3.63, 3.8) is 0 Å². The number of hydrogen-bond acceptors (Lipinski definition) is 3. The highest BCUT2D eigenvalue weighted by molar-refractivity contribution is 4.93. The van der Waals surface area contributed by atoms with Crippen LogP contribution in [0.4, 0.5) is 0 Å². The number of hydrogen-bond donors (Lipinski definition) is 1. The lowest BCUT2D eigenvalue weighted by Gasteiger charge is -2.45. The molecule has 3 nitrogen and oxygen atoms in total. The van der Waals surface area contributed by atoms with Gasteiger partial charge in [0.25, 0.3) is 0 Å². The van der Waals surface area contributed by atoms with Crippen LogP contribution in [0.3, 0.4) is 0 Å². The molecule has 0 bridgehead atoms. The van der Waals surface area contributed by atoms with Crippen molar-refractivity contribution in [3.05, 3.63) is 0 Å². The first-order valence-electron chi connectivity index (χ1n) is 9.02. The van der Waals surface area contributed by atoms with Gasteiger partial charge in [0.2, 0.25) is 0 Å². The largest absolute Gasteiger partial charge is 0.326 e. The summed E-state index contributed by atoms with van der Waals surface area (Å²) in [6.45, 7) is 13.1. The molecule has 0 aromatic heterocycles. The van der Waals surface area contributed by atoms with Crippen LogP contribution in [0.15, 0.2) is 0 Å². The molecule has 3 heteroatoms. The van der Waals surface area contributed by atoms with Crippen LogP contribution in [-0.4, -0.2) is 54.6 Å². The first-order chi connectivity index (χ1) is 9.82. The molecule has 2 rings (SSSR count). The molecule has 2 aliphatic rings. The van der Waals surface area contributed by atoms with Gasteiger partial charge in [-0.15, -0.1) is 0 Å². The molecule has 0 aromatic carbocycles. The second-order valence-corrected chi connectivity index (χ2v) is 8.47. The molecule has 1 aliphatic heterocycles. The molecule has 1 saturated carbocycles. The number of likely N-dealkylation sites (N-methyl/N-ethyl adjacent to an activating group) is 2. The molecular formula is C18H37N3. The summed E-state index contributed by atoms with van der Waals surface area (Å²) in [6, 6.07) is 1.69. The predicted octanol–water partition coefficient (Wildman–Crippen LogP) is 2.94. The molecule has 1 aliphatic carbocycles. The van der Waals surface area contributed by atoms with E-state index in [0.29, 0.717) is 17.5 Å². The van der Waals surface area contributed by atoms with Crippen molar-refractivity contribution < 1.29 is 0 Å². The zero-order chi connectivity index (χ0) is 15.6. The highest BCUT2D eigenvalue weighted by atomic mass is 15.2. The van der Waals surface area contributed by atoms with Crippen molar-refractivity contribution in [1.82, 2.24) is 9.80 Å². The van der Waals surface area contributed by atoms with Gasteiger partial charge in [-0.25, -0.2) is 0 Å². The second-order valence-electron chi connectivity index (χ2n) is 8.47. The molecule has 124 valence electrons. The van der Waals surface area contributed by atoms with Crippen LogP contribution in [0, 0.1) is 11.3 Å². The lowest BCUT2D eigenvalue weighted by Crippen LogP contribution is -2.53. The maximum absolute atomic E-state index is 6.47. The number of likely N-dealkylation sites (tertiary alicyclic amines) is 1. The van der Waals surface area contributed by atoms with Crippen molar-refractivity contribution in [2.24, 2.45) is 17.1 Å². The summed E-state index contributed by atoms with van der Waals surface area (Å²) in [5.41, 5.74) is 6.89. The minimum absolute atomic E-state index is 0.366. The predicted molar refractivity (Wildman–Crippen MR) is 91.5 cm³/mol. The Kier molecular flexibility index (Phi) is 5.72. The van der Waals surface area contributed by atoms with E-state index in [-0.39, 0.29) is 0 Å². The third-order valence-corrected chi connectivity index (χ3v) is 6.06. The van der Waals surface area contributed by atoms with Gasteiger partial charge < -0.3 is 10.6 Å². The Hall–Kier alpha value is -0.120. The van der Waals surface area contributed by atoms with Crippen molar-refractivity contribution >= 4 is 0 Å². The van der Waals surface area contributed by atoms with Gasteiger partial charge in [0.1, 0.15) is 0 Å². The molecule has 2 fully saturated rings. The smallest absolute Gasteiger partial charge is 0.0247 e. The third-order valence-electron chi connectivity index (χ3n) is 6.06. The molecular weight excluding hydrogens is 258 g/mol. The Balaban J connectivity index is 1.94. The monoisotopic (exact) mass is 295 g/mol. The van der Waals surface area contributed by atoms with Crippen molar-refractivity contribution in [3.8, 4) is 0 Å². The third kappa shape index (κ3) is 4.20. The van der Waals surface area contributed by atoms with E-state index in [0.717, 1.165) is 12.0 Å². The van der Waals surface area contributed by atoms with Crippen LogP contribution in [-0.2, 0) is 0 Å². The van der Waals surface area contributed by atoms with Crippen LogP contribution < -0.4 is 5.73 Å². The fourth-order valence-electron chi connectivity index (χ4n) is 4.45. The van der Waals surface area contributed by atoms with Gasteiger partial charge in [-0.3, -0.25) is 4.90 Å². The number of nitrogens with two attached hydrogens (primary N) is 1. The fourth-order valence-corrected chi connectivity index (χ4v) is 4.45. The first kappa shape index (κ1) is 17.2. The van der Waals surface area contributed by atoms with E-state index in [9.17, 15) is 0 Å². The maximum Gasteiger partial charge on any atom is 0.0247 e. The Labute approximate surface area is 132 Å². The van der Waals surface area contributed by atoms with Crippen molar-refractivity contribution in [2.75, 3.05) is 26.7 Å². The van der Waals surface area contributed by atoms with Crippen LogP contribution >= 0.6 is 0 Å². The lowest BCUT2D eigenvalue weighted by molar-refractivity contribution is 0.0695. The molecule has 0 aromatic rings. The lowest BCUT2D eigenvalue weighted by atomic mass is 9.69. The fraction of sp³-hybridized carbons (Fsp3) is 1.00. The molecule has 4 atom stereocenters. The van der Waals surface area contributed by atoms with E-state index in [1.807, 2.05) is 0 Å². The van der Waals surface area contributed by atoms with Gasteiger partial charge in [-0.2, -0.15) is 0 Å². The normalized spacial score (nSPS) is 35.6. The molecule has 21 heavy (non-hydrogen) atoms. The number of rotatable bonds is 4.